The molecule has 1 aliphatic rings. The molecule has 1 fully saturated rings. The quantitative estimate of drug-likeness (QED) is 0.739. The third-order valence-corrected chi connectivity index (χ3v) is 5.44. The smallest absolute Gasteiger partial charge is 0.253 e. The van der Waals surface area contributed by atoms with E-state index in [0.29, 0.717) is 6.54 Å². The normalized spacial score (nSPS) is 14.8. The molecule has 1 amide bonds. The first kappa shape index (κ1) is 17.9. The molecule has 2 aromatic rings. The van der Waals surface area contributed by atoms with Gasteiger partial charge in [0, 0.05) is 43.8 Å². The summed E-state index contributed by atoms with van der Waals surface area (Å²) in [6, 6.07) is 0. The second-order valence-electron chi connectivity index (χ2n) is 6.34. The molecule has 3 rings (SSSR count). The SMILES string of the molecule is CCCNC(=O)c1c(C)[nH]c(-c2csc(N3CCNCC3)n2)c1CC. The van der Waals surface area contributed by atoms with Gasteiger partial charge < -0.3 is 20.5 Å². The molecule has 3 heterocycles. The molecule has 1 aliphatic heterocycles. The molecule has 0 bridgehead atoms. The topological polar surface area (TPSA) is 73.1 Å². The summed E-state index contributed by atoms with van der Waals surface area (Å²) in [7, 11) is 0. The van der Waals surface area contributed by atoms with E-state index in [1.54, 1.807) is 11.3 Å². The molecule has 0 aromatic carbocycles. The number of nitrogens with zero attached hydrogens (tertiary/aromatic N) is 2. The number of aryl methyl sites for hydroxylation is 1. The summed E-state index contributed by atoms with van der Waals surface area (Å²) < 4.78 is 0. The molecule has 136 valence electrons. The second kappa shape index (κ2) is 8.01. The van der Waals surface area contributed by atoms with Gasteiger partial charge in [-0.2, -0.15) is 0 Å². The summed E-state index contributed by atoms with van der Waals surface area (Å²) in [5.41, 5.74) is 4.68. The van der Waals surface area contributed by atoms with Crippen molar-refractivity contribution >= 4 is 22.4 Å². The fourth-order valence-electron chi connectivity index (χ4n) is 3.26. The number of aromatic nitrogens is 2. The number of anilines is 1. The van der Waals surface area contributed by atoms with Crippen molar-refractivity contribution in [3.63, 3.8) is 0 Å². The highest BCUT2D eigenvalue weighted by Gasteiger charge is 2.23. The van der Waals surface area contributed by atoms with Crippen LogP contribution in [0, 0.1) is 6.92 Å². The number of thiazole rings is 1. The number of carbonyl (C=O) groups excluding carboxylic acids is 1. The third-order valence-electron chi connectivity index (χ3n) is 4.54. The molecule has 2 aromatic heterocycles. The van der Waals surface area contributed by atoms with E-state index in [4.69, 9.17) is 4.98 Å². The number of H-pyrrole nitrogens is 1. The molecule has 0 radical (unpaired) electrons. The molecular weight excluding hydrogens is 334 g/mol. The Morgan fingerprint density at radius 2 is 2.12 bits per heavy atom. The van der Waals surface area contributed by atoms with Crippen LogP contribution in [0.4, 0.5) is 5.13 Å². The standard InChI is InChI=1S/C18H27N5OS/c1-4-6-20-17(24)15-12(3)21-16(13(15)5-2)14-11-25-18(22-14)23-9-7-19-8-10-23/h11,19,21H,4-10H2,1-3H3,(H,20,24). The molecule has 0 atom stereocenters. The van der Waals surface area contributed by atoms with Gasteiger partial charge in [-0.05, 0) is 25.3 Å². The Balaban J connectivity index is 1.89. The van der Waals surface area contributed by atoms with Crippen LogP contribution < -0.4 is 15.5 Å². The molecular formula is C18H27N5OS. The molecule has 0 saturated carbocycles. The van der Waals surface area contributed by atoms with Crippen LogP contribution in [0.2, 0.25) is 0 Å². The van der Waals surface area contributed by atoms with E-state index in [-0.39, 0.29) is 5.91 Å². The number of piperazine rings is 1. The van der Waals surface area contributed by atoms with Crippen molar-refractivity contribution in [2.45, 2.75) is 33.6 Å². The van der Waals surface area contributed by atoms with Crippen LogP contribution in [-0.4, -0.2) is 48.6 Å². The largest absolute Gasteiger partial charge is 0.356 e. The first-order valence-corrected chi connectivity index (χ1v) is 9.94. The lowest BCUT2D eigenvalue weighted by molar-refractivity contribution is 0.0952. The molecule has 0 aliphatic carbocycles. The van der Waals surface area contributed by atoms with E-state index in [2.05, 4.69) is 39.7 Å². The predicted molar refractivity (Wildman–Crippen MR) is 104 cm³/mol. The van der Waals surface area contributed by atoms with Crippen LogP contribution >= 0.6 is 11.3 Å². The van der Waals surface area contributed by atoms with Gasteiger partial charge in [0.05, 0.1) is 11.3 Å². The minimum Gasteiger partial charge on any atom is -0.356 e. The maximum absolute atomic E-state index is 12.5. The van der Waals surface area contributed by atoms with Crippen molar-refractivity contribution in [2.24, 2.45) is 0 Å². The average molecular weight is 362 g/mol. The number of amides is 1. The highest BCUT2D eigenvalue weighted by Crippen LogP contribution is 2.32. The lowest BCUT2D eigenvalue weighted by atomic mass is 10.0. The van der Waals surface area contributed by atoms with Gasteiger partial charge >= 0.3 is 0 Å². The van der Waals surface area contributed by atoms with Crippen LogP contribution in [0.1, 0.15) is 41.9 Å². The van der Waals surface area contributed by atoms with Gasteiger partial charge in [0.15, 0.2) is 5.13 Å². The molecule has 0 unspecified atom stereocenters. The van der Waals surface area contributed by atoms with Gasteiger partial charge in [-0.3, -0.25) is 4.79 Å². The van der Waals surface area contributed by atoms with Crippen molar-refractivity contribution in [1.29, 1.82) is 0 Å². The first-order valence-electron chi connectivity index (χ1n) is 9.06. The Hall–Kier alpha value is -1.86. The van der Waals surface area contributed by atoms with E-state index < -0.39 is 0 Å². The Labute approximate surface area is 153 Å². The highest BCUT2D eigenvalue weighted by atomic mass is 32.1. The predicted octanol–water partition coefficient (Wildman–Crippen LogP) is 2.56. The Morgan fingerprint density at radius 1 is 1.36 bits per heavy atom. The summed E-state index contributed by atoms with van der Waals surface area (Å²) in [5.74, 6) is 0.0104. The van der Waals surface area contributed by atoms with Gasteiger partial charge in [0.2, 0.25) is 0 Å². The Morgan fingerprint density at radius 3 is 2.80 bits per heavy atom. The number of aromatic amines is 1. The number of hydrogen-bond acceptors (Lipinski definition) is 5. The summed E-state index contributed by atoms with van der Waals surface area (Å²) in [6.45, 7) is 10.8. The minimum absolute atomic E-state index is 0.0104. The van der Waals surface area contributed by atoms with Crippen molar-refractivity contribution in [1.82, 2.24) is 20.6 Å². The van der Waals surface area contributed by atoms with E-state index in [0.717, 1.165) is 72.4 Å². The van der Waals surface area contributed by atoms with E-state index >= 15 is 0 Å². The first-order chi connectivity index (χ1) is 12.2. The van der Waals surface area contributed by atoms with E-state index in [1.165, 1.54) is 0 Å². The van der Waals surface area contributed by atoms with Crippen molar-refractivity contribution in [3.8, 4) is 11.4 Å². The molecule has 3 N–H and O–H groups in total. The van der Waals surface area contributed by atoms with Gasteiger partial charge in [-0.25, -0.2) is 4.98 Å². The lowest BCUT2D eigenvalue weighted by Crippen LogP contribution is -2.43. The third kappa shape index (κ3) is 3.72. The summed E-state index contributed by atoms with van der Waals surface area (Å²) in [4.78, 5) is 23.1. The number of rotatable bonds is 6. The zero-order valence-corrected chi connectivity index (χ0v) is 16.1. The van der Waals surface area contributed by atoms with Crippen molar-refractivity contribution in [3.05, 3.63) is 22.2 Å². The fraction of sp³-hybridized carbons (Fsp3) is 0.556. The molecule has 0 spiro atoms. The van der Waals surface area contributed by atoms with Crippen LogP contribution in [0.25, 0.3) is 11.4 Å². The monoisotopic (exact) mass is 361 g/mol. The minimum atomic E-state index is 0.0104. The molecule has 25 heavy (non-hydrogen) atoms. The zero-order chi connectivity index (χ0) is 17.8. The molecule has 6 nitrogen and oxygen atoms in total. The van der Waals surface area contributed by atoms with Crippen LogP contribution in [0.3, 0.4) is 0 Å². The van der Waals surface area contributed by atoms with Crippen LogP contribution in [0.5, 0.6) is 0 Å². The zero-order valence-electron chi connectivity index (χ0n) is 15.2. The lowest BCUT2D eigenvalue weighted by Gasteiger charge is -2.26. The van der Waals surface area contributed by atoms with E-state index in [9.17, 15) is 4.79 Å². The summed E-state index contributed by atoms with van der Waals surface area (Å²) in [6.07, 6.45) is 1.73. The van der Waals surface area contributed by atoms with Gasteiger partial charge in [-0.15, -0.1) is 11.3 Å². The molecule has 7 heteroatoms. The number of carbonyl (C=O) groups is 1. The maximum atomic E-state index is 12.5. The highest BCUT2D eigenvalue weighted by molar-refractivity contribution is 7.14. The Kier molecular flexibility index (Phi) is 5.75. The maximum Gasteiger partial charge on any atom is 0.253 e. The van der Waals surface area contributed by atoms with Crippen molar-refractivity contribution < 1.29 is 4.79 Å². The molecule has 1 saturated heterocycles. The van der Waals surface area contributed by atoms with Gasteiger partial charge in [0.1, 0.15) is 5.69 Å². The van der Waals surface area contributed by atoms with Gasteiger partial charge in [-0.1, -0.05) is 13.8 Å². The summed E-state index contributed by atoms with van der Waals surface area (Å²) >= 11 is 1.67. The Bertz CT molecular complexity index is 730. The number of nitrogens with one attached hydrogen (secondary N) is 3. The summed E-state index contributed by atoms with van der Waals surface area (Å²) in [5, 5.41) is 9.51. The average Bonchev–Trinajstić information content (AvgIpc) is 3.24. The fourth-order valence-corrected chi connectivity index (χ4v) is 4.13. The van der Waals surface area contributed by atoms with Crippen molar-refractivity contribution in [2.75, 3.05) is 37.6 Å². The van der Waals surface area contributed by atoms with Crippen LogP contribution in [-0.2, 0) is 6.42 Å². The van der Waals surface area contributed by atoms with Gasteiger partial charge in [0.25, 0.3) is 5.91 Å². The van der Waals surface area contributed by atoms with Crippen LogP contribution in [0.15, 0.2) is 5.38 Å². The van der Waals surface area contributed by atoms with E-state index in [1.807, 2.05) is 6.92 Å². The second-order valence-corrected chi connectivity index (χ2v) is 7.18. The number of hydrogen-bond donors (Lipinski definition) is 3.